The summed E-state index contributed by atoms with van der Waals surface area (Å²) >= 11 is 0. The average Bonchev–Trinajstić information content (AvgIpc) is 3.38. The molecule has 0 unspecified atom stereocenters. The highest BCUT2D eigenvalue weighted by molar-refractivity contribution is 5.96. The molecule has 42 heavy (non-hydrogen) atoms. The van der Waals surface area contributed by atoms with Crippen LogP contribution >= 0.6 is 0 Å². The Morgan fingerprint density at radius 2 is 1.52 bits per heavy atom. The maximum atomic E-state index is 13.4. The number of halogens is 3. The van der Waals surface area contributed by atoms with Gasteiger partial charge in [-0.3, -0.25) is 4.79 Å². The Bertz CT molecular complexity index is 1580. The van der Waals surface area contributed by atoms with Crippen LogP contribution in [-0.2, 0) is 7.05 Å². The number of nitriles is 1. The zero-order chi connectivity index (χ0) is 29.6. The van der Waals surface area contributed by atoms with Crippen molar-refractivity contribution in [3.05, 3.63) is 58.4 Å². The number of fused-ring (bicyclic) bond motifs is 1. The van der Waals surface area contributed by atoms with Crippen LogP contribution in [0.3, 0.4) is 0 Å². The number of piperazine rings is 1. The number of alkyl halides is 3. The second kappa shape index (κ2) is 10.7. The SMILES string of the molecule is CN1CCN(c2ccc3c(N4CCC5(CCN(c6cccc(OC(F)(F)F)c6)C5)CC4)c(C#N)c(=O)n(C)c3c2)CC1. The van der Waals surface area contributed by atoms with Crippen molar-refractivity contribution in [1.29, 1.82) is 5.26 Å². The lowest BCUT2D eigenvalue weighted by molar-refractivity contribution is -0.274. The van der Waals surface area contributed by atoms with Crippen molar-refractivity contribution < 1.29 is 17.9 Å². The molecule has 2 aromatic carbocycles. The lowest BCUT2D eigenvalue weighted by Crippen LogP contribution is -2.44. The van der Waals surface area contributed by atoms with Crippen molar-refractivity contribution in [1.82, 2.24) is 9.47 Å². The van der Waals surface area contributed by atoms with Crippen molar-refractivity contribution in [2.75, 3.05) is 74.1 Å². The quantitative estimate of drug-likeness (QED) is 0.449. The second-order valence-electron chi connectivity index (χ2n) is 11.9. The first-order chi connectivity index (χ1) is 20.1. The fraction of sp³-hybridized carbons (Fsp3) is 0.484. The second-order valence-corrected chi connectivity index (χ2v) is 11.9. The van der Waals surface area contributed by atoms with E-state index in [2.05, 4.69) is 55.7 Å². The number of hydrogen-bond acceptors (Lipinski definition) is 7. The number of piperidine rings is 1. The Kier molecular flexibility index (Phi) is 7.21. The maximum Gasteiger partial charge on any atom is 0.573 e. The number of ether oxygens (including phenoxy) is 1. The van der Waals surface area contributed by atoms with E-state index in [-0.39, 0.29) is 22.3 Å². The third-order valence-electron chi connectivity index (χ3n) is 9.33. The van der Waals surface area contributed by atoms with Gasteiger partial charge in [-0.15, -0.1) is 13.2 Å². The zero-order valence-electron chi connectivity index (χ0n) is 24.0. The molecule has 0 amide bonds. The van der Waals surface area contributed by atoms with Crippen LogP contribution in [0.25, 0.3) is 10.9 Å². The summed E-state index contributed by atoms with van der Waals surface area (Å²) in [4.78, 5) is 22.3. The van der Waals surface area contributed by atoms with Gasteiger partial charge in [-0.1, -0.05) is 6.07 Å². The summed E-state index contributed by atoms with van der Waals surface area (Å²) in [6.45, 7) is 6.69. The lowest BCUT2D eigenvalue weighted by atomic mass is 9.77. The van der Waals surface area contributed by atoms with Crippen LogP contribution in [0.5, 0.6) is 5.75 Å². The molecule has 0 aliphatic carbocycles. The summed E-state index contributed by atoms with van der Waals surface area (Å²) in [7, 11) is 3.85. The standard InChI is InChI=1S/C31H35F3N6O2/c1-36-14-16-38(17-15-36)23-6-7-25-27(19-23)37(2)29(41)26(20-35)28(25)39-11-8-30(9-12-39)10-13-40(21-30)22-4-3-5-24(18-22)42-31(32,33)34/h3-7,18-19H,8-17,21H2,1-2H3. The summed E-state index contributed by atoms with van der Waals surface area (Å²) in [6.07, 6.45) is -2.07. The van der Waals surface area contributed by atoms with Gasteiger partial charge in [-0.25, -0.2) is 0 Å². The summed E-state index contributed by atoms with van der Waals surface area (Å²) in [6, 6.07) is 14.6. The molecule has 3 aliphatic heterocycles. The first kappa shape index (κ1) is 28.2. The largest absolute Gasteiger partial charge is 0.573 e. The van der Waals surface area contributed by atoms with Crippen molar-refractivity contribution >= 4 is 28.0 Å². The zero-order valence-corrected chi connectivity index (χ0v) is 24.0. The number of pyridine rings is 1. The van der Waals surface area contributed by atoms with E-state index in [0.717, 1.165) is 80.8 Å². The highest BCUT2D eigenvalue weighted by Crippen LogP contribution is 2.44. The van der Waals surface area contributed by atoms with Gasteiger partial charge in [0.15, 0.2) is 0 Å². The van der Waals surface area contributed by atoms with Crippen LogP contribution in [0.4, 0.5) is 30.2 Å². The van der Waals surface area contributed by atoms with Gasteiger partial charge in [0.1, 0.15) is 17.4 Å². The first-order valence-electron chi connectivity index (χ1n) is 14.4. The van der Waals surface area contributed by atoms with Crippen LogP contribution < -0.4 is 25.0 Å². The molecule has 1 aromatic heterocycles. The molecule has 222 valence electrons. The molecule has 6 rings (SSSR count). The van der Waals surface area contributed by atoms with E-state index >= 15 is 0 Å². The number of nitrogens with zero attached hydrogens (tertiary/aromatic N) is 6. The fourth-order valence-corrected chi connectivity index (χ4v) is 6.85. The van der Waals surface area contributed by atoms with Gasteiger partial charge in [0.25, 0.3) is 5.56 Å². The Hall–Kier alpha value is -3.91. The predicted octanol–water partition coefficient (Wildman–Crippen LogP) is 4.56. The predicted molar refractivity (Wildman–Crippen MR) is 157 cm³/mol. The number of likely N-dealkylation sites (N-methyl/N-ethyl adjacent to an activating group) is 1. The Labute approximate surface area is 243 Å². The number of benzene rings is 2. The molecule has 8 nitrogen and oxygen atoms in total. The number of anilines is 3. The van der Waals surface area contributed by atoms with Gasteiger partial charge in [0.05, 0.1) is 11.2 Å². The highest BCUT2D eigenvalue weighted by atomic mass is 19.4. The molecule has 3 fully saturated rings. The van der Waals surface area contributed by atoms with Crippen LogP contribution in [0.1, 0.15) is 24.8 Å². The third-order valence-corrected chi connectivity index (χ3v) is 9.33. The van der Waals surface area contributed by atoms with E-state index in [9.17, 15) is 23.2 Å². The number of aromatic nitrogens is 1. The molecule has 1 spiro atoms. The monoisotopic (exact) mass is 580 g/mol. The van der Waals surface area contributed by atoms with Gasteiger partial charge in [-0.2, -0.15) is 5.26 Å². The van der Waals surface area contributed by atoms with E-state index in [0.29, 0.717) is 18.8 Å². The summed E-state index contributed by atoms with van der Waals surface area (Å²) < 4.78 is 44.0. The minimum atomic E-state index is -4.73. The molecule has 3 saturated heterocycles. The minimum absolute atomic E-state index is 0.0222. The number of rotatable bonds is 4. The van der Waals surface area contributed by atoms with E-state index in [1.165, 1.54) is 12.1 Å². The van der Waals surface area contributed by atoms with Gasteiger partial charge >= 0.3 is 6.36 Å². The molecule has 0 N–H and O–H groups in total. The number of aryl methyl sites for hydroxylation is 1. The van der Waals surface area contributed by atoms with Crippen LogP contribution in [0, 0.1) is 16.7 Å². The van der Waals surface area contributed by atoms with Gasteiger partial charge in [0, 0.05) is 82.2 Å². The summed E-state index contributed by atoms with van der Waals surface area (Å²) in [5, 5.41) is 11.0. The molecular weight excluding hydrogens is 545 g/mol. The van der Waals surface area contributed by atoms with Crippen molar-refractivity contribution in [3.63, 3.8) is 0 Å². The van der Waals surface area contributed by atoms with E-state index in [1.54, 1.807) is 17.7 Å². The van der Waals surface area contributed by atoms with Crippen LogP contribution in [0.2, 0.25) is 0 Å². The van der Waals surface area contributed by atoms with E-state index in [1.807, 2.05) is 6.07 Å². The normalized spacial score (nSPS) is 19.5. The molecule has 0 atom stereocenters. The Balaban J connectivity index is 1.23. The van der Waals surface area contributed by atoms with Crippen LogP contribution in [-0.4, -0.2) is 75.2 Å². The molecule has 0 radical (unpaired) electrons. The van der Waals surface area contributed by atoms with Gasteiger partial charge in [-0.05, 0) is 62.1 Å². The van der Waals surface area contributed by atoms with Gasteiger partial charge < -0.3 is 28.9 Å². The number of hydrogen-bond donors (Lipinski definition) is 0. The van der Waals surface area contributed by atoms with Crippen LogP contribution in [0.15, 0.2) is 47.3 Å². The average molecular weight is 581 g/mol. The van der Waals surface area contributed by atoms with E-state index < -0.39 is 6.36 Å². The third kappa shape index (κ3) is 5.36. The molecule has 0 bridgehead atoms. The maximum absolute atomic E-state index is 13.4. The molecule has 0 saturated carbocycles. The Morgan fingerprint density at radius 3 is 2.19 bits per heavy atom. The first-order valence-corrected chi connectivity index (χ1v) is 14.4. The minimum Gasteiger partial charge on any atom is -0.406 e. The molecule has 4 heterocycles. The van der Waals surface area contributed by atoms with Crippen molar-refractivity contribution in [2.45, 2.75) is 25.6 Å². The molecule has 3 aromatic rings. The lowest BCUT2D eigenvalue weighted by Gasteiger charge is -2.41. The molecular formula is C31H35F3N6O2. The fourth-order valence-electron chi connectivity index (χ4n) is 6.85. The summed E-state index contributed by atoms with van der Waals surface area (Å²) in [5.41, 5.74) is 3.23. The summed E-state index contributed by atoms with van der Waals surface area (Å²) in [5.74, 6) is -0.215. The smallest absolute Gasteiger partial charge is 0.406 e. The van der Waals surface area contributed by atoms with Crippen molar-refractivity contribution in [3.8, 4) is 11.8 Å². The van der Waals surface area contributed by atoms with Gasteiger partial charge in [0.2, 0.25) is 0 Å². The topological polar surface area (TPSA) is 68.0 Å². The van der Waals surface area contributed by atoms with Crippen molar-refractivity contribution in [2.24, 2.45) is 12.5 Å². The molecule has 11 heteroatoms. The van der Waals surface area contributed by atoms with E-state index in [4.69, 9.17) is 0 Å². The Morgan fingerprint density at radius 1 is 0.857 bits per heavy atom. The molecule has 3 aliphatic rings. The highest BCUT2D eigenvalue weighted by Gasteiger charge is 2.41.